The molecule has 3 unspecified atom stereocenters. The Morgan fingerprint density at radius 3 is 2.45 bits per heavy atom. The van der Waals surface area contributed by atoms with E-state index in [1.807, 2.05) is 0 Å². The van der Waals surface area contributed by atoms with E-state index in [4.69, 9.17) is 15.2 Å². The van der Waals surface area contributed by atoms with Crippen molar-refractivity contribution >= 4 is 12.0 Å². The molecule has 20 heavy (non-hydrogen) atoms. The van der Waals surface area contributed by atoms with Crippen LogP contribution in [-0.4, -0.2) is 49.3 Å². The number of nitrogens with zero attached hydrogens (tertiary/aromatic N) is 1. The van der Waals surface area contributed by atoms with Gasteiger partial charge in [-0.1, -0.05) is 6.42 Å². The maximum atomic E-state index is 12.2. The van der Waals surface area contributed by atoms with Crippen LogP contribution in [0.3, 0.4) is 0 Å². The van der Waals surface area contributed by atoms with E-state index in [0.29, 0.717) is 13.1 Å². The zero-order valence-corrected chi connectivity index (χ0v) is 12.0. The van der Waals surface area contributed by atoms with Gasteiger partial charge in [0.05, 0.1) is 12.0 Å². The van der Waals surface area contributed by atoms with Crippen molar-refractivity contribution in [2.24, 2.45) is 11.7 Å². The molecule has 3 atom stereocenters. The molecule has 1 aliphatic heterocycles. The van der Waals surface area contributed by atoms with Gasteiger partial charge in [0.1, 0.15) is 6.10 Å². The van der Waals surface area contributed by atoms with Gasteiger partial charge < -0.3 is 20.1 Å². The molecule has 1 saturated carbocycles. The number of piperidine rings is 1. The molecule has 6 nitrogen and oxygen atoms in total. The summed E-state index contributed by atoms with van der Waals surface area (Å²) in [5, 5.41) is 0. The topological polar surface area (TPSA) is 81.9 Å². The van der Waals surface area contributed by atoms with Gasteiger partial charge in [0, 0.05) is 20.2 Å². The lowest BCUT2D eigenvalue weighted by Crippen LogP contribution is -2.46. The molecule has 2 rings (SSSR count). The Labute approximate surface area is 119 Å². The number of carbonyl (C=O) groups excluding carboxylic acids is 2. The van der Waals surface area contributed by atoms with Gasteiger partial charge >= 0.3 is 12.0 Å². The zero-order valence-electron chi connectivity index (χ0n) is 12.0. The third-order valence-electron chi connectivity index (χ3n) is 4.28. The van der Waals surface area contributed by atoms with Crippen LogP contribution >= 0.6 is 0 Å². The van der Waals surface area contributed by atoms with Crippen molar-refractivity contribution in [1.29, 1.82) is 0 Å². The molecule has 2 N–H and O–H groups in total. The molecule has 0 bridgehead atoms. The first-order chi connectivity index (χ1) is 9.61. The summed E-state index contributed by atoms with van der Waals surface area (Å²) in [5.41, 5.74) is 5.27. The molecule has 0 aromatic rings. The molecule has 2 aliphatic rings. The van der Waals surface area contributed by atoms with Crippen molar-refractivity contribution in [3.8, 4) is 0 Å². The van der Waals surface area contributed by atoms with Gasteiger partial charge in [-0.05, 0) is 32.1 Å². The number of nitrogens with two attached hydrogens (primary N) is 1. The van der Waals surface area contributed by atoms with Gasteiger partial charge in [0.25, 0.3) is 0 Å². The molecule has 1 heterocycles. The first kappa shape index (κ1) is 15.1. The molecule has 2 amide bonds. The molecule has 2 fully saturated rings. The Morgan fingerprint density at radius 2 is 1.80 bits per heavy atom. The Bertz CT molecular complexity index is 361. The van der Waals surface area contributed by atoms with E-state index in [9.17, 15) is 9.59 Å². The maximum Gasteiger partial charge on any atom is 0.314 e. The van der Waals surface area contributed by atoms with Crippen LogP contribution in [0.4, 0.5) is 4.79 Å². The van der Waals surface area contributed by atoms with Crippen LogP contribution in [-0.2, 0) is 14.3 Å². The van der Waals surface area contributed by atoms with Crippen LogP contribution < -0.4 is 5.73 Å². The molecule has 6 heteroatoms. The monoisotopic (exact) mass is 284 g/mol. The van der Waals surface area contributed by atoms with Crippen LogP contribution in [0.15, 0.2) is 0 Å². The van der Waals surface area contributed by atoms with E-state index in [-0.39, 0.29) is 24.1 Å². The zero-order chi connectivity index (χ0) is 14.5. The second kappa shape index (κ2) is 6.92. The summed E-state index contributed by atoms with van der Waals surface area (Å²) in [6.07, 6.45) is 5.38. The predicted octanol–water partition coefficient (Wildman–Crippen LogP) is 1.28. The number of primary amides is 1. The number of hydrogen-bond donors (Lipinski definition) is 1. The van der Waals surface area contributed by atoms with E-state index < -0.39 is 6.03 Å². The number of ether oxygens (including phenoxy) is 2. The fraction of sp³-hybridized carbons (Fsp3) is 0.857. The second-order valence-corrected chi connectivity index (χ2v) is 5.66. The number of urea groups is 1. The standard InChI is InChI=1S/C14H24N2O4/c1-19-11-6-2-3-7-12(11)20-13(17)10-5-4-8-16(9-10)14(15)18/h10-12H,2-9H2,1H3,(H2,15,18). The molecule has 0 aromatic heterocycles. The number of amides is 2. The minimum atomic E-state index is -0.463. The predicted molar refractivity (Wildman–Crippen MR) is 73.0 cm³/mol. The van der Waals surface area contributed by atoms with Crippen molar-refractivity contribution in [1.82, 2.24) is 4.90 Å². The van der Waals surface area contributed by atoms with Crippen LogP contribution in [0.2, 0.25) is 0 Å². The first-order valence-electron chi connectivity index (χ1n) is 7.39. The van der Waals surface area contributed by atoms with Crippen molar-refractivity contribution < 1.29 is 19.1 Å². The van der Waals surface area contributed by atoms with E-state index in [1.165, 1.54) is 4.90 Å². The summed E-state index contributed by atoms with van der Waals surface area (Å²) in [4.78, 5) is 24.9. The van der Waals surface area contributed by atoms with Gasteiger partial charge in [-0.15, -0.1) is 0 Å². The third kappa shape index (κ3) is 3.62. The molecule has 0 radical (unpaired) electrons. The number of hydrogen-bond acceptors (Lipinski definition) is 4. The molecule has 114 valence electrons. The lowest BCUT2D eigenvalue weighted by molar-refractivity contribution is -0.165. The Hall–Kier alpha value is -1.30. The van der Waals surface area contributed by atoms with Crippen LogP contribution in [0, 0.1) is 5.92 Å². The summed E-state index contributed by atoms with van der Waals surface area (Å²) < 4.78 is 11.0. The van der Waals surface area contributed by atoms with E-state index in [0.717, 1.165) is 38.5 Å². The van der Waals surface area contributed by atoms with Gasteiger partial charge in [-0.3, -0.25) is 4.79 Å². The molecule has 0 aromatic carbocycles. The Morgan fingerprint density at radius 1 is 1.10 bits per heavy atom. The van der Waals surface area contributed by atoms with Crippen LogP contribution in [0.5, 0.6) is 0 Å². The fourth-order valence-electron chi connectivity index (χ4n) is 3.08. The summed E-state index contributed by atoms with van der Waals surface area (Å²) in [7, 11) is 1.66. The van der Waals surface area contributed by atoms with Crippen molar-refractivity contribution in [3.05, 3.63) is 0 Å². The second-order valence-electron chi connectivity index (χ2n) is 5.66. The molecule has 0 spiro atoms. The van der Waals surface area contributed by atoms with Crippen molar-refractivity contribution in [2.75, 3.05) is 20.2 Å². The number of likely N-dealkylation sites (tertiary alicyclic amines) is 1. The summed E-state index contributed by atoms with van der Waals surface area (Å²) in [6, 6.07) is -0.463. The van der Waals surface area contributed by atoms with E-state index in [1.54, 1.807) is 7.11 Å². The lowest BCUT2D eigenvalue weighted by Gasteiger charge is -2.34. The van der Waals surface area contributed by atoms with Crippen LogP contribution in [0.1, 0.15) is 38.5 Å². The highest BCUT2D eigenvalue weighted by Crippen LogP contribution is 2.26. The van der Waals surface area contributed by atoms with Crippen molar-refractivity contribution in [3.63, 3.8) is 0 Å². The highest BCUT2D eigenvalue weighted by molar-refractivity contribution is 5.76. The highest BCUT2D eigenvalue weighted by Gasteiger charge is 2.33. The molecular weight excluding hydrogens is 260 g/mol. The Kier molecular flexibility index (Phi) is 5.23. The summed E-state index contributed by atoms with van der Waals surface area (Å²) >= 11 is 0. The van der Waals surface area contributed by atoms with E-state index in [2.05, 4.69) is 0 Å². The number of carbonyl (C=O) groups is 2. The number of methoxy groups -OCH3 is 1. The van der Waals surface area contributed by atoms with Gasteiger partial charge in [-0.25, -0.2) is 4.79 Å². The highest BCUT2D eigenvalue weighted by atomic mass is 16.6. The lowest BCUT2D eigenvalue weighted by atomic mass is 9.94. The third-order valence-corrected chi connectivity index (χ3v) is 4.28. The summed E-state index contributed by atoms with van der Waals surface area (Å²) in [5.74, 6) is -0.472. The average molecular weight is 284 g/mol. The first-order valence-corrected chi connectivity index (χ1v) is 7.39. The number of esters is 1. The maximum absolute atomic E-state index is 12.2. The van der Waals surface area contributed by atoms with Gasteiger partial charge in [0.15, 0.2) is 0 Å². The normalized spacial score (nSPS) is 30.9. The Balaban J connectivity index is 1.88. The quantitative estimate of drug-likeness (QED) is 0.791. The van der Waals surface area contributed by atoms with E-state index >= 15 is 0 Å². The molecule has 1 saturated heterocycles. The molecule has 1 aliphatic carbocycles. The molecular formula is C14H24N2O4. The minimum Gasteiger partial charge on any atom is -0.459 e. The van der Waals surface area contributed by atoms with Gasteiger partial charge in [-0.2, -0.15) is 0 Å². The number of rotatable bonds is 3. The van der Waals surface area contributed by atoms with Crippen LogP contribution in [0.25, 0.3) is 0 Å². The summed E-state index contributed by atoms with van der Waals surface area (Å²) in [6.45, 7) is 1.00. The van der Waals surface area contributed by atoms with Crippen molar-refractivity contribution in [2.45, 2.75) is 50.7 Å². The fourth-order valence-corrected chi connectivity index (χ4v) is 3.08. The average Bonchev–Trinajstić information content (AvgIpc) is 2.48. The van der Waals surface area contributed by atoms with Gasteiger partial charge in [0.2, 0.25) is 0 Å². The SMILES string of the molecule is COC1CCCCC1OC(=O)C1CCCN(C(N)=O)C1. The largest absolute Gasteiger partial charge is 0.459 e. The smallest absolute Gasteiger partial charge is 0.314 e. The minimum absolute atomic E-state index is 0.00327.